The highest BCUT2D eigenvalue weighted by atomic mass is 127. The predicted octanol–water partition coefficient (Wildman–Crippen LogP) is 3.57. The topological polar surface area (TPSA) is 71.3 Å². The lowest BCUT2D eigenvalue weighted by Gasteiger charge is -2.10. The average molecular weight is 438 g/mol. The summed E-state index contributed by atoms with van der Waals surface area (Å²) in [6.45, 7) is 2.61. The molecule has 126 valence electrons. The Labute approximate surface area is 154 Å². The van der Waals surface area contributed by atoms with Crippen molar-refractivity contribution in [2.24, 2.45) is 0 Å². The molecule has 0 atom stereocenters. The Kier molecular flexibility index (Phi) is 7.05. The molecule has 0 fully saturated rings. The van der Waals surface area contributed by atoms with Gasteiger partial charge in [-0.25, -0.2) is 0 Å². The van der Waals surface area contributed by atoms with E-state index in [4.69, 9.17) is 4.42 Å². The molecule has 2 amide bonds. The molecule has 0 aliphatic rings. The molecule has 0 radical (unpaired) electrons. The van der Waals surface area contributed by atoms with E-state index in [0.717, 1.165) is 16.4 Å². The van der Waals surface area contributed by atoms with Gasteiger partial charge in [0, 0.05) is 21.8 Å². The molecule has 1 aromatic heterocycles. The van der Waals surface area contributed by atoms with Crippen molar-refractivity contribution in [1.82, 2.24) is 10.6 Å². The minimum atomic E-state index is -0.338. The summed E-state index contributed by atoms with van der Waals surface area (Å²) >= 11 is 2.17. The fourth-order valence-electron chi connectivity index (χ4n) is 1.94. The van der Waals surface area contributed by atoms with Crippen molar-refractivity contribution >= 4 is 40.5 Å². The zero-order chi connectivity index (χ0) is 17.4. The summed E-state index contributed by atoms with van der Waals surface area (Å²) in [7, 11) is 0. The molecule has 1 heterocycles. The van der Waals surface area contributed by atoms with Crippen molar-refractivity contribution < 1.29 is 14.0 Å². The van der Waals surface area contributed by atoms with Gasteiger partial charge >= 0.3 is 0 Å². The third-order valence-electron chi connectivity index (χ3n) is 3.24. The van der Waals surface area contributed by atoms with Gasteiger partial charge in [0.25, 0.3) is 11.8 Å². The summed E-state index contributed by atoms with van der Waals surface area (Å²) in [5.41, 5.74) is 0.645. The summed E-state index contributed by atoms with van der Waals surface area (Å²) in [5, 5.41) is 5.46. The minimum Gasteiger partial charge on any atom is -0.465 e. The third kappa shape index (κ3) is 5.52. The molecular formula is C18H19IN2O3. The zero-order valence-electron chi connectivity index (χ0n) is 13.3. The number of furan rings is 1. The first-order chi connectivity index (χ1) is 11.6. The van der Waals surface area contributed by atoms with E-state index in [2.05, 4.69) is 33.2 Å². The van der Waals surface area contributed by atoms with Crippen LogP contribution in [0.5, 0.6) is 0 Å². The van der Waals surface area contributed by atoms with Crippen LogP contribution in [0.15, 0.2) is 52.8 Å². The minimum absolute atomic E-state index is 0.157. The molecule has 0 aliphatic heterocycles. The van der Waals surface area contributed by atoms with Gasteiger partial charge in [-0.05, 0) is 65.4 Å². The third-order valence-corrected chi connectivity index (χ3v) is 3.96. The number of hydrogen-bond acceptors (Lipinski definition) is 3. The van der Waals surface area contributed by atoms with Crippen molar-refractivity contribution in [2.75, 3.05) is 6.54 Å². The van der Waals surface area contributed by atoms with Gasteiger partial charge in [0.15, 0.2) is 0 Å². The SMILES string of the molecule is CCCCNC(=O)C(=Cc1ccco1)NC(=O)c1ccc(I)cc1. The van der Waals surface area contributed by atoms with Crippen LogP contribution < -0.4 is 10.6 Å². The Morgan fingerprint density at radius 1 is 1.21 bits per heavy atom. The van der Waals surface area contributed by atoms with Gasteiger partial charge in [0.05, 0.1) is 6.26 Å². The Hall–Kier alpha value is -2.09. The molecule has 24 heavy (non-hydrogen) atoms. The van der Waals surface area contributed by atoms with Crippen molar-refractivity contribution in [3.05, 3.63) is 63.3 Å². The van der Waals surface area contributed by atoms with E-state index in [9.17, 15) is 9.59 Å². The second-order valence-electron chi connectivity index (χ2n) is 5.14. The average Bonchev–Trinajstić information content (AvgIpc) is 3.08. The van der Waals surface area contributed by atoms with Crippen molar-refractivity contribution in [3.8, 4) is 0 Å². The maximum absolute atomic E-state index is 12.4. The first-order valence-electron chi connectivity index (χ1n) is 7.70. The number of carbonyl (C=O) groups is 2. The van der Waals surface area contributed by atoms with Crippen LogP contribution in [0, 0.1) is 3.57 Å². The number of rotatable bonds is 7. The Bertz CT molecular complexity index is 706. The fraction of sp³-hybridized carbons (Fsp3) is 0.222. The van der Waals surface area contributed by atoms with Gasteiger partial charge in [-0.15, -0.1) is 0 Å². The van der Waals surface area contributed by atoms with Crippen LogP contribution in [0.25, 0.3) is 6.08 Å². The number of benzene rings is 1. The highest BCUT2D eigenvalue weighted by Gasteiger charge is 2.15. The standard InChI is InChI=1S/C18H19IN2O3/c1-2-3-10-20-18(23)16(12-15-5-4-11-24-15)21-17(22)13-6-8-14(19)9-7-13/h4-9,11-12H,2-3,10H2,1H3,(H,20,23)(H,21,22). The fourth-order valence-corrected chi connectivity index (χ4v) is 2.30. The molecule has 0 saturated heterocycles. The van der Waals surface area contributed by atoms with E-state index < -0.39 is 0 Å². The second-order valence-corrected chi connectivity index (χ2v) is 6.39. The van der Waals surface area contributed by atoms with Crippen LogP contribution in [-0.2, 0) is 4.79 Å². The van der Waals surface area contributed by atoms with Gasteiger partial charge in [-0.1, -0.05) is 13.3 Å². The molecular weight excluding hydrogens is 419 g/mol. The van der Waals surface area contributed by atoms with E-state index in [1.807, 2.05) is 19.1 Å². The molecule has 0 unspecified atom stereocenters. The van der Waals surface area contributed by atoms with Gasteiger partial charge in [0.2, 0.25) is 0 Å². The van der Waals surface area contributed by atoms with Gasteiger partial charge < -0.3 is 15.1 Å². The van der Waals surface area contributed by atoms with Crippen molar-refractivity contribution in [2.45, 2.75) is 19.8 Å². The second kappa shape index (κ2) is 9.27. The smallest absolute Gasteiger partial charge is 0.267 e. The number of amides is 2. The Morgan fingerprint density at radius 3 is 2.58 bits per heavy atom. The number of hydrogen-bond donors (Lipinski definition) is 2. The van der Waals surface area contributed by atoms with E-state index in [1.54, 1.807) is 24.3 Å². The summed E-state index contributed by atoms with van der Waals surface area (Å²) in [5.74, 6) is -0.174. The maximum Gasteiger partial charge on any atom is 0.267 e. The molecule has 0 bridgehead atoms. The van der Waals surface area contributed by atoms with E-state index in [0.29, 0.717) is 17.9 Å². The van der Waals surface area contributed by atoms with Crippen LogP contribution in [0.1, 0.15) is 35.9 Å². The first-order valence-corrected chi connectivity index (χ1v) is 8.78. The zero-order valence-corrected chi connectivity index (χ0v) is 15.5. The number of unbranched alkanes of at least 4 members (excludes halogenated alkanes) is 1. The highest BCUT2D eigenvalue weighted by Crippen LogP contribution is 2.10. The quantitative estimate of drug-likeness (QED) is 0.395. The molecule has 0 aliphatic carbocycles. The van der Waals surface area contributed by atoms with Crippen LogP contribution >= 0.6 is 22.6 Å². The highest BCUT2D eigenvalue weighted by molar-refractivity contribution is 14.1. The van der Waals surface area contributed by atoms with Gasteiger partial charge in [-0.2, -0.15) is 0 Å². The first kappa shape index (κ1) is 18.3. The monoisotopic (exact) mass is 438 g/mol. The lowest BCUT2D eigenvalue weighted by Crippen LogP contribution is -2.35. The molecule has 2 rings (SSSR count). The number of nitrogens with one attached hydrogen (secondary N) is 2. The number of carbonyl (C=O) groups excluding carboxylic acids is 2. The largest absolute Gasteiger partial charge is 0.465 e. The summed E-state index contributed by atoms with van der Waals surface area (Å²) < 4.78 is 6.27. The molecule has 2 N–H and O–H groups in total. The molecule has 0 saturated carbocycles. The van der Waals surface area contributed by atoms with Crippen LogP contribution in [0.4, 0.5) is 0 Å². The molecule has 1 aromatic carbocycles. The van der Waals surface area contributed by atoms with Crippen LogP contribution in [0.3, 0.4) is 0 Å². The van der Waals surface area contributed by atoms with Crippen LogP contribution in [-0.4, -0.2) is 18.4 Å². The summed E-state index contributed by atoms with van der Waals surface area (Å²) in [4.78, 5) is 24.7. The maximum atomic E-state index is 12.4. The van der Waals surface area contributed by atoms with Crippen molar-refractivity contribution in [3.63, 3.8) is 0 Å². The molecule has 0 spiro atoms. The Balaban J connectivity index is 2.14. The van der Waals surface area contributed by atoms with Gasteiger partial charge in [-0.3, -0.25) is 9.59 Å². The summed E-state index contributed by atoms with van der Waals surface area (Å²) in [6, 6.07) is 10.6. The van der Waals surface area contributed by atoms with Gasteiger partial charge in [0.1, 0.15) is 11.5 Å². The predicted molar refractivity (Wildman–Crippen MR) is 101 cm³/mol. The molecule has 5 nitrogen and oxygen atoms in total. The Morgan fingerprint density at radius 2 is 1.96 bits per heavy atom. The van der Waals surface area contributed by atoms with Crippen LogP contribution in [0.2, 0.25) is 0 Å². The summed E-state index contributed by atoms with van der Waals surface area (Å²) in [6.07, 6.45) is 4.89. The molecule has 6 heteroatoms. The lowest BCUT2D eigenvalue weighted by atomic mass is 10.2. The molecule has 2 aromatic rings. The number of halogens is 1. The van der Waals surface area contributed by atoms with Crippen molar-refractivity contribution in [1.29, 1.82) is 0 Å². The lowest BCUT2D eigenvalue weighted by molar-refractivity contribution is -0.117. The van der Waals surface area contributed by atoms with E-state index >= 15 is 0 Å². The van der Waals surface area contributed by atoms with E-state index in [-0.39, 0.29) is 17.5 Å². The normalized spacial score (nSPS) is 11.2. The van der Waals surface area contributed by atoms with E-state index in [1.165, 1.54) is 12.3 Å².